The molecule has 2 aromatic heterocycles. The molecule has 140 valence electrons. The molecule has 2 heterocycles. The molecule has 0 fully saturated rings. The van der Waals surface area contributed by atoms with Crippen LogP contribution in [-0.2, 0) is 0 Å². The van der Waals surface area contributed by atoms with Crippen molar-refractivity contribution in [2.24, 2.45) is 5.73 Å². The van der Waals surface area contributed by atoms with E-state index in [2.05, 4.69) is 9.97 Å². The molecule has 0 aliphatic carbocycles. The molecule has 0 unspecified atom stereocenters. The fourth-order valence-corrected chi connectivity index (χ4v) is 3.27. The largest absolute Gasteiger partial charge is 0.396 e. The summed E-state index contributed by atoms with van der Waals surface area (Å²) in [5.74, 6) is -0.521. The first-order valence-electron chi connectivity index (χ1n) is 8.50. The van der Waals surface area contributed by atoms with E-state index < -0.39 is 11.8 Å². The molecular weight excluding hydrogens is 356 g/mol. The quantitative estimate of drug-likeness (QED) is 0.373. The lowest BCUT2D eigenvalue weighted by Crippen LogP contribution is -2.30. The summed E-state index contributed by atoms with van der Waals surface area (Å²) in [5.41, 5.74) is 18.7. The molecule has 0 aliphatic rings. The number of carbonyl (C=O) groups is 2. The number of hydrogen-bond donors (Lipinski definition) is 5. The van der Waals surface area contributed by atoms with Crippen LogP contribution in [0, 0.1) is 0 Å². The van der Waals surface area contributed by atoms with Crippen LogP contribution >= 0.6 is 0 Å². The van der Waals surface area contributed by atoms with Gasteiger partial charge in [-0.3, -0.25) is 9.59 Å². The average Bonchev–Trinajstić information content (AvgIpc) is 3.30. The highest BCUT2D eigenvalue weighted by Crippen LogP contribution is 2.35. The first-order chi connectivity index (χ1) is 13.5. The van der Waals surface area contributed by atoms with Crippen LogP contribution in [0.3, 0.4) is 0 Å². The zero-order chi connectivity index (χ0) is 19.8. The SMILES string of the molecule is NC(=O)c1ccc2ccccc2c1C(=O)N(c1[nH]ccc1N)c1[nH]ccc1N. The van der Waals surface area contributed by atoms with E-state index in [0.29, 0.717) is 28.4 Å². The molecule has 0 spiro atoms. The molecule has 8 N–H and O–H groups in total. The Kier molecular flexibility index (Phi) is 4.00. The number of nitrogens with one attached hydrogen (secondary N) is 2. The Morgan fingerprint density at radius 1 is 0.821 bits per heavy atom. The number of nitrogens with zero attached hydrogens (tertiary/aromatic N) is 1. The molecule has 4 rings (SSSR count). The lowest BCUT2D eigenvalue weighted by Gasteiger charge is -2.23. The summed E-state index contributed by atoms with van der Waals surface area (Å²) in [7, 11) is 0. The standard InChI is InChI=1S/C20H18N6O2/c21-14-7-9-24-18(14)26(19-15(22)8-10-25-19)20(28)16-12-4-2-1-3-11(12)5-6-13(16)17(23)27/h1-10,24-25H,21-22H2,(H2,23,27). The topological polar surface area (TPSA) is 147 Å². The Labute approximate surface area is 159 Å². The van der Waals surface area contributed by atoms with Crippen molar-refractivity contribution in [1.29, 1.82) is 0 Å². The minimum absolute atomic E-state index is 0.115. The summed E-state index contributed by atoms with van der Waals surface area (Å²) >= 11 is 0. The Bertz CT molecular complexity index is 1170. The lowest BCUT2D eigenvalue weighted by molar-refractivity contribution is 0.0968. The maximum absolute atomic E-state index is 13.8. The van der Waals surface area contributed by atoms with Gasteiger partial charge in [0.25, 0.3) is 5.91 Å². The van der Waals surface area contributed by atoms with Gasteiger partial charge in [-0.2, -0.15) is 0 Å². The first kappa shape index (κ1) is 17.2. The number of anilines is 4. The van der Waals surface area contributed by atoms with Crippen molar-refractivity contribution in [3.05, 3.63) is 72.1 Å². The van der Waals surface area contributed by atoms with Crippen LogP contribution in [-0.4, -0.2) is 21.8 Å². The highest BCUT2D eigenvalue weighted by atomic mass is 16.2. The molecule has 8 nitrogen and oxygen atoms in total. The maximum atomic E-state index is 13.8. The van der Waals surface area contributed by atoms with E-state index >= 15 is 0 Å². The van der Waals surface area contributed by atoms with Gasteiger partial charge in [0.15, 0.2) is 0 Å². The van der Waals surface area contributed by atoms with Gasteiger partial charge in [0, 0.05) is 12.4 Å². The Hall–Kier alpha value is -4.20. The maximum Gasteiger partial charge on any atom is 0.266 e. The Balaban J connectivity index is 2.01. The van der Waals surface area contributed by atoms with Gasteiger partial charge in [-0.15, -0.1) is 0 Å². The van der Waals surface area contributed by atoms with E-state index in [4.69, 9.17) is 17.2 Å². The van der Waals surface area contributed by atoms with Crippen LogP contribution in [0.25, 0.3) is 10.8 Å². The second-order valence-corrected chi connectivity index (χ2v) is 6.28. The number of aromatic nitrogens is 2. The second kappa shape index (κ2) is 6.51. The average molecular weight is 374 g/mol. The van der Waals surface area contributed by atoms with Gasteiger partial charge in [-0.25, -0.2) is 4.90 Å². The molecule has 28 heavy (non-hydrogen) atoms. The van der Waals surface area contributed by atoms with E-state index in [1.807, 2.05) is 12.1 Å². The molecule has 2 aromatic carbocycles. The van der Waals surface area contributed by atoms with Crippen molar-refractivity contribution >= 4 is 45.6 Å². The molecule has 0 radical (unpaired) electrons. The second-order valence-electron chi connectivity index (χ2n) is 6.28. The van der Waals surface area contributed by atoms with Crippen molar-refractivity contribution in [2.45, 2.75) is 0 Å². The minimum atomic E-state index is -0.701. The number of fused-ring (bicyclic) bond motifs is 1. The number of primary amides is 1. The van der Waals surface area contributed by atoms with Crippen LogP contribution in [0.1, 0.15) is 20.7 Å². The first-order valence-corrected chi connectivity index (χ1v) is 8.50. The molecular formula is C20H18N6O2. The minimum Gasteiger partial charge on any atom is -0.396 e. The van der Waals surface area contributed by atoms with Gasteiger partial charge in [-0.05, 0) is 29.0 Å². The summed E-state index contributed by atoms with van der Waals surface area (Å²) < 4.78 is 0. The lowest BCUT2D eigenvalue weighted by atomic mass is 9.97. The van der Waals surface area contributed by atoms with E-state index in [9.17, 15) is 9.59 Å². The fraction of sp³-hybridized carbons (Fsp3) is 0. The van der Waals surface area contributed by atoms with Gasteiger partial charge in [-0.1, -0.05) is 30.3 Å². The molecule has 4 aromatic rings. The van der Waals surface area contributed by atoms with Crippen LogP contribution < -0.4 is 22.1 Å². The molecule has 0 bridgehead atoms. The van der Waals surface area contributed by atoms with E-state index in [-0.39, 0.29) is 11.1 Å². The molecule has 0 saturated heterocycles. The third kappa shape index (κ3) is 2.64. The number of hydrogen-bond acceptors (Lipinski definition) is 4. The molecule has 0 aliphatic heterocycles. The smallest absolute Gasteiger partial charge is 0.266 e. The van der Waals surface area contributed by atoms with Crippen LogP contribution in [0.5, 0.6) is 0 Å². The van der Waals surface area contributed by atoms with Gasteiger partial charge in [0.05, 0.1) is 22.5 Å². The summed E-state index contributed by atoms with van der Waals surface area (Å²) in [6, 6.07) is 13.8. The van der Waals surface area contributed by atoms with E-state index in [1.165, 1.54) is 4.90 Å². The summed E-state index contributed by atoms with van der Waals surface area (Å²) in [6.07, 6.45) is 3.23. The number of benzene rings is 2. The van der Waals surface area contributed by atoms with Gasteiger partial charge in [0.1, 0.15) is 11.6 Å². The normalized spacial score (nSPS) is 10.9. The van der Waals surface area contributed by atoms with Crippen molar-refractivity contribution in [3.63, 3.8) is 0 Å². The highest BCUT2D eigenvalue weighted by Gasteiger charge is 2.29. The van der Waals surface area contributed by atoms with Crippen molar-refractivity contribution < 1.29 is 9.59 Å². The number of nitrogen functional groups attached to an aromatic ring is 2. The molecule has 2 amide bonds. The van der Waals surface area contributed by atoms with Gasteiger partial charge >= 0.3 is 0 Å². The number of rotatable bonds is 4. The van der Waals surface area contributed by atoms with Gasteiger partial charge < -0.3 is 27.2 Å². The fourth-order valence-electron chi connectivity index (χ4n) is 3.27. The van der Waals surface area contributed by atoms with E-state index in [0.717, 1.165) is 5.39 Å². The Morgan fingerprint density at radius 2 is 1.43 bits per heavy atom. The number of carbonyl (C=O) groups excluding carboxylic acids is 2. The molecule has 0 atom stereocenters. The van der Waals surface area contributed by atoms with Crippen molar-refractivity contribution in [2.75, 3.05) is 16.4 Å². The monoisotopic (exact) mass is 374 g/mol. The summed E-state index contributed by atoms with van der Waals surface area (Å²) in [5, 5.41) is 1.40. The van der Waals surface area contributed by atoms with Crippen LogP contribution in [0.15, 0.2) is 60.9 Å². The van der Waals surface area contributed by atoms with Crippen molar-refractivity contribution in [3.8, 4) is 0 Å². The summed E-state index contributed by atoms with van der Waals surface area (Å²) in [6.45, 7) is 0. The summed E-state index contributed by atoms with van der Waals surface area (Å²) in [4.78, 5) is 33.1. The Morgan fingerprint density at radius 3 is 1.96 bits per heavy atom. The number of amides is 2. The predicted molar refractivity (Wildman–Crippen MR) is 109 cm³/mol. The zero-order valence-electron chi connectivity index (χ0n) is 14.8. The highest BCUT2D eigenvalue weighted by molar-refractivity contribution is 6.22. The number of aromatic amines is 2. The van der Waals surface area contributed by atoms with E-state index in [1.54, 1.807) is 48.8 Å². The zero-order valence-corrected chi connectivity index (χ0v) is 14.8. The van der Waals surface area contributed by atoms with Crippen LogP contribution in [0.2, 0.25) is 0 Å². The molecule has 0 saturated carbocycles. The number of H-pyrrole nitrogens is 2. The number of nitrogens with two attached hydrogens (primary N) is 3. The van der Waals surface area contributed by atoms with Gasteiger partial charge in [0.2, 0.25) is 5.91 Å². The van der Waals surface area contributed by atoms with Crippen molar-refractivity contribution in [1.82, 2.24) is 9.97 Å². The molecule has 8 heteroatoms. The third-order valence-corrected chi connectivity index (χ3v) is 4.57. The van der Waals surface area contributed by atoms with Crippen LogP contribution in [0.4, 0.5) is 23.0 Å². The predicted octanol–water partition coefficient (Wildman–Crippen LogP) is 2.74. The third-order valence-electron chi connectivity index (χ3n) is 4.57.